The summed E-state index contributed by atoms with van der Waals surface area (Å²) in [5.74, 6) is -0.803. The van der Waals surface area contributed by atoms with Gasteiger partial charge in [0.1, 0.15) is 23.4 Å². The number of piperidine rings is 2. The van der Waals surface area contributed by atoms with E-state index in [0.717, 1.165) is 44.4 Å². The van der Waals surface area contributed by atoms with Crippen LogP contribution in [0.25, 0.3) is 22.4 Å². The van der Waals surface area contributed by atoms with Crippen molar-refractivity contribution in [1.29, 1.82) is 0 Å². The van der Waals surface area contributed by atoms with E-state index in [1.54, 1.807) is 12.1 Å². The van der Waals surface area contributed by atoms with Gasteiger partial charge in [-0.25, -0.2) is 18.7 Å². The van der Waals surface area contributed by atoms with E-state index < -0.39 is 19.0 Å². The third kappa shape index (κ3) is 4.47. The number of phenols is 1. The van der Waals surface area contributed by atoms with Gasteiger partial charge < -0.3 is 20.1 Å². The number of rotatable bonds is 6. The molecule has 1 aliphatic carbocycles. The Kier molecular flexibility index (Phi) is 5.11. The number of hydrogen-bond acceptors (Lipinski definition) is 8. The first-order valence-electron chi connectivity index (χ1n) is 14.1. The van der Waals surface area contributed by atoms with E-state index in [9.17, 15) is 9.50 Å². The predicted molar refractivity (Wildman–Crippen MR) is 135 cm³/mol. The molecule has 2 aromatic heterocycles. The smallest absolute Gasteiger partial charge is 0.245 e. The van der Waals surface area contributed by atoms with Crippen LogP contribution in [0.3, 0.4) is 0 Å². The monoisotopic (exact) mass is 511 g/mol. The highest BCUT2D eigenvalue weighted by atomic mass is 19.1. The molecule has 2 bridgehead atoms. The molecule has 4 atom stereocenters. The van der Waals surface area contributed by atoms with Gasteiger partial charge in [-0.2, -0.15) is 0 Å². The summed E-state index contributed by atoms with van der Waals surface area (Å²) < 4.78 is 56.6. The largest absolute Gasteiger partial charge is 0.507 e. The normalized spacial score (nSPS) is 28.6. The molecule has 6 rings (SSSR count). The molecule has 2 N–H and O–H groups in total. The Bertz CT molecular complexity index is 1410. The van der Waals surface area contributed by atoms with Crippen LogP contribution in [-0.4, -0.2) is 62.1 Å². The van der Waals surface area contributed by atoms with Gasteiger partial charge in [0.2, 0.25) is 11.8 Å². The van der Waals surface area contributed by atoms with E-state index in [0.29, 0.717) is 23.6 Å². The quantitative estimate of drug-likeness (QED) is 0.502. The molecule has 194 valence electrons. The van der Waals surface area contributed by atoms with E-state index in [1.807, 2.05) is 4.90 Å². The number of aromatic nitrogens is 4. The summed E-state index contributed by atoms with van der Waals surface area (Å²) in [5, 5.41) is 22.9. The lowest BCUT2D eigenvalue weighted by molar-refractivity contribution is 0.0582. The molecule has 1 saturated carbocycles. The lowest BCUT2D eigenvalue weighted by atomic mass is 9.74. The molecule has 1 aromatic carbocycles. The summed E-state index contributed by atoms with van der Waals surface area (Å²) in [6, 6.07) is 5.27. The maximum atomic E-state index is 15.6. The van der Waals surface area contributed by atoms with Gasteiger partial charge >= 0.3 is 0 Å². The van der Waals surface area contributed by atoms with Gasteiger partial charge in [0.05, 0.1) is 29.6 Å². The second-order valence-corrected chi connectivity index (χ2v) is 10.5. The van der Waals surface area contributed by atoms with Crippen LogP contribution in [0.1, 0.15) is 49.6 Å². The summed E-state index contributed by atoms with van der Waals surface area (Å²) in [4.78, 5) is 10.2. The number of ether oxygens (including phenoxy) is 1. The molecule has 0 amide bonds. The molecule has 2 aliphatic heterocycles. The molecule has 2 saturated heterocycles. The summed E-state index contributed by atoms with van der Waals surface area (Å²) in [6.07, 6.45) is 6.74. The molecular formula is C27H30F2N6O2. The first-order valence-corrected chi connectivity index (χ1v) is 12.6. The molecule has 4 heterocycles. The minimum Gasteiger partial charge on any atom is -0.507 e. The molecule has 3 aliphatic rings. The minimum absolute atomic E-state index is 0.0111. The van der Waals surface area contributed by atoms with Crippen molar-refractivity contribution < 1.29 is 22.7 Å². The van der Waals surface area contributed by atoms with Crippen LogP contribution in [0.15, 0.2) is 36.7 Å². The fourth-order valence-electron chi connectivity index (χ4n) is 5.86. The number of methoxy groups -OCH3 is 1. The number of nitrogens with zero attached hydrogens (tertiary/aromatic N) is 5. The predicted octanol–water partition coefficient (Wildman–Crippen LogP) is 4.43. The molecule has 8 nitrogen and oxygen atoms in total. The molecule has 0 radical (unpaired) electrons. The highest BCUT2D eigenvalue weighted by Gasteiger charge is 2.50. The van der Waals surface area contributed by atoms with Crippen LogP contribution in [0.2, 0.25) is 0 Å². The lowest BCUT2D eigenvalue weighted by Gasteiger charge is -2.52. The van der Waals surface area contributed by atoms with E-state index >= 15 is 4.39 Å². The van der Waals surface area contributed by atoms with Crippen molar-refractivity contribution in [2.24, 2.45) is 0 Å². The van der Waals surface area contributed by atoms with Crippen LogP contribution in [0.5, 0.6) is 11.6 Å². The fourth-order valence-corrected chi connectivity index (χ4v) is 5.86. The average molecular weight is 512 g/mol. The Morgan fingerprint density at radius 2 is 2.03 bits per heavy atom. The molecule has 37 heavy (non-hydrogen) atoms. The van der Waals surface area contributed by atoms with Crippen molar-refractivity contribution >= 4 is 5.95 Å². The number of aromatic hydroxyl groups is 1. The van der Waals surface area contributed by atoms with Gasteiger partial charge in [-0.15, -0.1) is 10.2 Å². The second kappa shape index (κ2) is 9.16. The second-order valence-electron chi connectivity index (χ2n) is 10.5. The zero-order chi connectivity index (χ0) is 28.2. The van der Waals surface area contributed by atoms with Crippen LogP contribution < -0.4 is 15.0 Å². The highest BCUT2D eigenvalue weighted by Crippen LogP contribution is 2.42. The van der Waals surface area contributed by atoms with Crippen molar-refractivity contribution in [1.82, 2.24) is 25.5 Å². The molecule has 0 spiro atoms. The summed E-state index contributed by atoms with van der Waals surface area (Å²) in [7, 11) is -2.74. The van der Waals surface area contributed by atoms with Crippen molar-refractivity contribution in [3.63, 3.8) is 0 Å². The van der Waals surface area contributed by atoms with Crippen LogP contribution >= 0.6 is 0 Å². The third-order valence-corrected chi connectivity index (χ3v) is 7.79. The Hall–Kier alpha value is -3.40. The standard InChI is InChI=1S/C27H30F2N6O2/c1-27-9-3-4-20(32-27)25(29)22(12-27)35(16-6-7-16)26-31-14-21(33-34-26)17-8-5-15(10-23(17)36)18-11-24(37-2)30-13-19(18)28/h5,8,10-11,13-14,16,20,22,25,32,36H,3-4,6-7,9,12H2,1-2H3/t20-,22-,25+,27-/m0/s1/i2D3. The number of nitrogens with one attached hydrogen (secondary N) is 1. The van der Waals surface area contributed by atoms with E-state index in [-0.39, 0.29) is 46.4 Å². The summed E-state index contributed by atoms with van der Waals surface area (Å²) >= 11 is 0. The lowest BCUT2D eigenvalue weighted by Crippen LogP contribution is -2.67. The van der Waals surface area contributed by atoms with Gasteiger partial charge in [0.25, 0.3) is 0 Å². The van der Waals surface area contributed by atoms with Crippen molar-refractivity contribution in [2.75, 3.05) is 11.9 Å². The molecule has 10 heteroatoms. The van der Waals surface area contributed by atoms with E-state index in [4.69, 9.17) is 8.85 Å². The highest BCUT2D eigenvalue weighted by molar-refractivity contribution is 5.74. The van der Waals surface area contributed by atoms with Gasteiger partial charge in [-0.05, 0) is 63.1 Å². The zero-order valence-corrected chi connectivity index (χ0v) is 20.4. The van der Waals surface area contributed by atoms with E-state index in [1.165, 1.54) is 12.3 Å². The van der Waals surface area contributed by atoms with Crippen molar-refractivity contribution in [2.45, 2.75) is 75.3 Å². The fraction of sp³-hybridized carbons (Fsp3) is 0.481. The first-order chi connectivity index (χ1) is 19.0. The van der Waals surface area contributed by atoms with Crippen LogP contribution in [0, 0.1) is 5.82 Å². The Morgan fingerprint density at radius 1 is 1.16 bits per heavy atom. The van der Waals surface area contributed by atoms with Crippen molar-refractivity contribution in [3.8, 4) is 34.0 Å². The van der Waals surface area contributed by atoms with Gasteiger partial charge in [-0.3, -0.25) is 0 Å². The van der Waals surface area contributed by atoms with Crippen molar-refractivity contribution in [3.05, 3.63) is 42.5 Å². The Morgan fingerprint density at radius 3 is 2.76 bits per heavy atom. The van der Waals surface area contributed by atoms with Crippen LogP contribution in [-0.2, 0) is 0 Å². The number of alkyl halides is 1. The number of hydrogen-bond donors (Lipinski definition) is 2. The summed E-state index contributed by atoms with van der Waals surface area (Å²) in [6.45, 7) is 2.16. The maximum Gasteiger partial charge on any atom is 0.245 e. The van der Waals surface area contributed by atoms with Crippen LogP contribution in [0.4, 0.5) is 14.7 Å². The molecular weight excluding hydrogens is 478 g/mol. The van der Waals surface area contributed by atoms with E-state index in [2.05, 4.69) is 32.4 Å². The number of phenolic OH excluding ortho intramolecular Hbond substituents is 1. The minimum atomic E-state index is -2.74. The topological polar surface area (TPSA) is 96.3 Å². The number of anilines is 1. The summed E-state index contributed by atoms with van der Waals surface area (Å²) in [5.41, 5.74) is 0.813. The number of benzene rings is 1. The maximum absolute atomic E-state index is 15.6. The number of halogens is 2. The van der Waals surface area contributed by atoms with Gasteiger partial charge in [-0.1, -0.05) is 6.07 Å². The van der Waals surface area contributed by atoms with Gasteiger partial charge in [0, 0.05) is 34.8 Å². The Balaban J connectivity index is 1.25. The molecule has 3 fully saturated rings. The molecule has 0 unspecified atom stereocenters. The first kappa shape index (κ1) is 20.6. The van der Waals surface area contributed by atoms with Gasteiger partial charge in [0.15, 0.2) is 0 Å². The molecule has 3 aromatic rings. The number of fused-ring (bicyclic) bond motifs is 2. The average Bonchev–Trinajstić information content (AvgIpc) is 3.73. The number of pyridine rings is 1. The SMILES string of the molecule is [2H]C([2H])([2H])Oc1cc(-c2ccc(-c3cnc(N(C4CC4)[C@H]4C[C@]5(C)CCC[C@H](N5)[C@H]4F)nn3)c(O)c2)c(F)cn1. The Labute approximate surface area is 218 Å². The zero-order valence-electron chi connectivity index (χ0n) is 23.4. The third-order valence-electron chi connectivity index (χ3n) is 7.79.